The maximum atomic E-state index is 14.7. The predicted octanol–water partition coefficient (Wildman–Crippen LogP) is 5.66. The average Bonchev–Trinajstić information content (AvgIpc) is 2.68. The quantitative estimate of drug-likeness (QED) is 0.325. The molecule has 3 rings (SSSR count). The topological polar surface area (TPSA) is 46.6 Å². The van der Waals surface area contributed by atoms with E-state index in [1.54, 1.807) is 0 Å². The highest BCUT2D eigenvalue weighted by molar-refractivity contribution is 5.96. The van der Waals surface area contributed by atoms with Crippen molar-refractivity contribution in [3.05, 3.63) is 28.8 Å². The van der Waals surface area contributed by atoms with Gasteiger partial charge in [-0.1, -0.05) is 19.3 Å². The van der Waals surface area contributed by atoms with Gasteiger partial charge in [0.05, 0.1) is 13.0 Å². The van der Waals surface area contributed by atoms with Crippen LogP contribution in [0.5, 0.6) is 0 Å². The Balaban J connectivity index is 2.11. The van der Waals surface area contributed by atoms with Crippen LogP contribution in [0.15, 0.2) is 0 Å². The van der Waals surface area contributed by atoms with E-state index in [0.29, 0.717) is 17.7 Å². The van der Waals surface area contributed by atoms with Gasteiger partial charge in [0, 0.05) is 12.5 Å². The van der Waals surface area contributed by atoms with Gasteiger partial charge in [0.15, 0.2) is 23.3 Å². The number of rotatable bonds is 4. The van der Waals surface area contributed by atoms with E-state index in [1.165, 1.54) is 6.92 Å². The maximum Gasteiger partial charge on any atom is 0.422 e. The monoisotopic (exact) mass is 469 g/mol. The zero-order chi connectivity index (χ0) is 23.8. The van der Waals surface area contributed by atoms with Crippen molar-refractivity contribution in [2.45, 2.75) is 70.5 Å². The van der Waals surface area contributed by atoms with Crippen molar-refractivity contribution < 1.29 is 45.1 Å². The highest BCUT2D eigenvalue weighted by Crippen LogP contribution is 2.50. The first-order chi connectivity index (χ1) is 14.9. The van der Waals surface area contributed by atoms with Crippen molar-refractivity contribution in [1.29, 1.82) is 0 Å². The van der Waals surface area contributed by atoms with E-state index < -0.39 is 70.5 Å². The number of alkyl halides is 3. The first kappa shape index (κ1) is 24.3. The molecule has 1 unspecified atom stereocenters. The van der Waals surface area contributed by atoms with Crippen LogP contribution in [0.4, 0.5) is 36.4 Å². The Morgan fingerprint density at radius 2 is 1.59 bits per heavy atom. The predicted molar refractivity (Wildman–Crippen MR) is 98.6 cm³/mol. The molecule has 1 aromatic carbocycles. The van der Waals surface area contributed by atoms with Crippen LogP contribution in [0.25, 0.3) is 0 Å². The summed E-state index contributed by atoms with van der Waals surface area (Å²) < 4.78 is 101. The van der Waals surface area contributed by atoms with Crippen molar-refractivity contribution in [3.8, 4) is 0 Å². The number of nitrogens with zero attached hydrogens (tertiary/aromatic N) is 1. The molecule has 1 saturated heterocycles. The second-order valence-corrected chi connectivity index (χ2v) is 8.35. The van der Waals surface area contributed by atoms with Gasteiger partial charge in [-0.2, -0.15) is 13.2 Å². The number of hydrogen-bond acceptors (Lipinski definition) is 3. The molecule has 11 heteroatoms. The standard InChI is InChI=1S/C21H22F7NO3/c1-2-32-13(31)8-11-9-20(6-4-3-5-7-20)10-12(30)29(11)19-17(24)15(22)14(21(26,27)28)16(23)18(19)25/h11H,2-10H2,1H3. The van der Waals surface area contributed by atoms with E-state index >= 15 is 0 Å². The van der Waals surface area contributed by atoms with Gasteiger partial charge in [0.25, 0.3) is 0 Å². The molecule has 1 aromatic rings. The third-order valence-electron chi connectivity index (χ3n) is 6.22. The van der Waals surface area contributed by atoms with Crippen LogP contribution in [0.3, 0.4) is 0 Å². The number of benzene rings is 1. The fraction of sp³-hybridized carbons (Fsp3) is 0.619. The summed E-state index contributed by atoms with van der Waals surface area (Å²) in [6.07, 6.45) is -2.56. The molecule has 0 N–H and O–H groups in total. The molecule has 178 valence electrons. The molecule has 0 radical (unpaired) electrons. The Labute approximate surface area is 179 Å². The molecular formula is C21H22F7NO3. The summed E-state index contributed by atoms with van der Waals surface area (Å²) in [5, 5.41) is 0. The number of piperidine rings is 1. The first-order valence-electron chi connectivity index (χ1n) is 10.3. The fourth-order valence-corrected chi connectivity index (χ4v) is 4.92. The minimum absolute atomic E-state index is 0.0170. The van der Waals surface area contributed by atoms with Crippen LogP contribution in [0, 0.1) is 28.7 Å². The zero-order valence-corrected chi connectivity index (χ0v) is 17.3. The van der Waals surface area contributed by atoms with E-state index in [0.717, 1.165) is 19.3 Å². The molecule has 1 spiro atoms. The molecule has 2 fully saturated rings. The van der Waals surface area contributed by atoms with E-state index in [1.807, 2.05) is 0 Å². The molecule has 32 heavy (non-hydrogen) atoms. The average molecular weight is 469 g/mol. The minimum atomic E-state index is -5.70. The number of amides is 1. The molecule has 2 aliphatic rings. The van der Waals surface area contributed by atoms with Crippen molar-refractivity contribution in [2.24, 2.45) is 5.41 Å². The molecule has 1 aliphatic carbocycles. The number of anilines is 1. The Kier molecular flexibility index (Phi) is 6.76. The van der Waals surface area contributed by atoms with E-state index in [9.17, 15) is 40.3 Å². The summed E-state index contributed by atoms with van der Waals surface area (Å²) in [6, 6.07) is -1.23. The van der Waals surface area contributed by atoms with Gasteiger partial charge < -0.3 is 9.64 Å². The number of carbonyl (C=O) groups excluding carboxylic acids is 2. The van der Waals surface area contributed by atoms with Crippen LogP contribution >= 0.6 is 0 Å². The van der Waals surface area contributed by atoms with Crippen molar-refractivity contribution in [1.82, 2.24) is 0 Å². The molecule has 0 aromatic heterocycles. The molecule has 1 amide bonds. The lowest BCUT2D eigenvalue weighted by Gasteiger charge is -2.48. The van der Waals surface area contributed by atoms with Crippen LogP contribution in [-0.4, -0.2) is 24.5 Å². The highest BCUT2D eigenvalue weighted by Gasteiger charge is 2.49. The van der Waals surface area contributed by atoms with Crippen molar-refractivity contribution >= 4 is 17.6 Å². The third kappa shape index (κ3) is 4.43. The lowest BCUT2D eigenvalue weighted by Crippen LogP contribution is -2.53. The summed E-state index contributed by atoms with van der Waals surface area (Å²) in [4.78, 5) is 25.5. The fourth-order valence-electron chi connectivity index (χ4n) is 4.92. The van der Waals surface area contributed by atoms with Gasteiger partial charge in [-0.25, -0.2) is 17.6 Å². The number of carbonyl (C=O) groups is 2. The largest absolute Gasteiger partial charge is 0.466 e. The molecule has 0 bridgehead atoms. The highest BCUT2D eigenvalue weighted by atomic mass is 19.4. The first-order valence-corrected chi connectivity index (χ1v) is 10.3. The Morgan fingerprint density at radius 1 is 1.03 bits per heavy atom. The Morgan fingerprint density at radius 3 is 2.09 bits per heavy atom. The van der Waals surface area contributed by atoms with Gasteiger partial charge in [-0.3, -0.25) is 9.59 Å². The van der Waals surface area contributed by atoms with Gasteiger partial charge in [0.1, 0.15) is 11.3 Å². The Bertz CT molecular complexity index is 881. The third-order valence-corrected chi connectivity index (χ3v) is 6.22. The second-order valence-electron chi connectivity index (χ2n) is 8.35. The maximum absolute atomic E-state index is 14.7. The van der Waals surface area contributed by atoms with E-state index in [2.05, 4.69) is 0 Å². The minimum Gasteiger partial charge on any atom is -0.466 e. The van der Waals surface area contributed by atoms with E-state index in [-0.39, 0.29) is 19.4 Å². The zero-order valence-electron chi connectivity index (χ0n) is 17.3. The molecule has 1 saturated carbocycles. The molecule has 1 aliphatic heterocycles. The molecule has 4 nitrogen and oxygen atoms in total. The number of ether oxygens (including phenoxy) is 1. The summed E-state index contributed by atoms with van der Waals surface area (Å²) in [5.74, 6) is -11.7. The molecule has 1 atom stereocenters. The number of halogens is 7. The number of esters is 1. The van der Waals surface area contributed by atoms with Crippen LogP contribution in [-0.2, 0) is 20.5 Å². The lowest BCUT2D eigenvalue weighted by atomic mass is 9.65. The normalized spacial score (nSPS) is 21.2. The van der Waals surface area contributed by atoms with Crippen LogP contribution in [0.1, 0.15) is 63.9 Å². The summed E-state index contributed by atoms with van der Waals surface area (Å²) >= 11 is 0. The van der Waals surface area contributed by atoms with Gasteiger partial charge >= 0.3 is 12.1 Å². The SMILES string of the molecule is CCOC(=O)CC1CC2(CCCCC2)CC(=O)N1c1c(F)c(F)c(C(F)(F)F)c(F)c1F. The van der Waals surface area contributed by atoms with Gasteiger partial charge in [-0.15, -0.1) is 0 Å². The Hall–Kier alpha value is -2.33. The molecular weight excluding hydrogens is 447 g/mol. The molecule has 1 heterocycles. The smallest absolute Gasteiger partial charge is 0.422 e. The van der Waals surface area contributed by atoms with E-state index in [4.69, 9.17) is 4.74 Å². The van der Waals surface area contributed by atoms with Gasteiger partial charge in [-0.05, 0) is 31.6 Å². The van der Waals surface area contributed by atoms with Crippen LogP contribution in [0.2, 0.25) is 0 Å². The second kappa shape index (κ2) is 8.90. The lowest BCUT2D eigenvalue weighted by molar-refractivity contribution is -0.144. The van der Waals surface area contributed by atoms with Crippen molar-refractivity contribution in [2.75, 3.05) is 11.5 Å². The summed E-state index contributed by atoms with van der Waals surface area (Å²) in [5.41, 5.74) is -4.83. The van der Waals surface area contributed by atoms with Crippen LogP contribution < -0.4 is 4.90 Å². The van der Waals surface area contributed by atoms with Gasteiger partial charge in [0.2, 0.25) is 5.91 Å². The van der Waals surface area contributed by atoms with Crippen molar-refractivity contribution in [3.63, 3.8) is 0 Å². The summed E-state index contributed by atoms with van der Waals surface area (Å²) in [7, 11) is 0. The summed E-state index contributed by atoms with van der Waals surface area (Å²) in [6.45, 7) is 1.50. The number of hydrogen-bond donors (Lipinski definition) is 0.